The van der Waals surface area contributed by atoms with E-state index in [4.69, 9.17) is 9.47 Å². The molecule has 1 saturated heterocycles. The zero-order valence-electron chi connectivity index (χ0n) is 20.2. The Morgan fingerprint density at radius 2 is 1.94 bits per heavy atom. The van der Waals surface area contributed by atoms with Crippen molar-refractivity contribution in [1.29, 1.82) is 0 Å². The number of hydrogen-bond donors (Lipinski definition) is 2. The lowest BCUT2D eigenvalue weighted by Gasteiger charge is -2.42. The lowest BCUT2D eigenvalue weighted by atomic mass is 9.92. The van der Waals surface area contributed by atoms with Gasteiger partial charge in [0.1, 0.15) is 24.3 Å². The van der Waals surface area contributed by atoms with Crippen LogP contribution in [-0.4, -0.2) is 60.6 Å². The molecule has 2 aromatic rings. The molecule has 1 aliphatic carbocycles. The number of carbonyl (C=O) groups excluding carboxylic acids is 3. The summed E-state index contributed by atoms with van der Waals surface area (Å²) in [5.74, 6) is -0.821. The van der Waals surface area contributed by atoms with Crippen LogP contribution in [0, 0.1) is 5.82 Å². The third-order valence-corrected chi connectivity index (χ3v) is 7.24. The van der Waals surface area contributed by atoms with Gasteiger partial charge in [-0.3, -0.25) is 14.4 Å². The summed E-state index contributed by atoms with van der Waals surface area (Å²) in [6.07, 6.45) is 4.36. The molecule has 3 amide bonds. The predicted molar refractivity (Wildman–Crippen MR) is 130 cm³/mol. The molecule has 8 nitrogen and oxygen atoms in total. The lowest BCUT2D eigenvalue weighted by molar-refractivity contribution is -0.135. The van der Waals surface area contributed by atoms with Crippen molar-refractivity contribution in [3.05, 3.63) is 59.4 Å². The van der Waals surface area contributed by atoms with Crippen LogP contribution in [0.3, 0.4) is 0 Å². The predicted octanol–water partition coefficient (Wildman–Crippen LogP) is 3.52. The fourth-order valence-electron chi connectivity index (χ4n) is 4.98. The van der Waals surface area contributed by atoms with Crippen LogP contribution in [0.4, 0.5) is 10.1 Å². The van der Waals surface area contributed by atoms with Crippen molar-refractivity contribution in [3.63, 3.8) is 0 Å². The van der Waals surface area contributed by atoms with Crippen LogP contribution in [0.15, 0.2) is 42.5 Å². The van der Waals surface area contributed by atoms with E-state index in [2.05, 4.69) is 10.6 Å². The number of rotatable bonds is 5. The van der Waals surface area contributed by atoms with Crippen molar-refractivity contribution in [2.75, 3.05) is 19.0 Å². The molecule has 0 aromatic heterocycles. The van der Waals surface area contributed by atoms with E-state index in [0.29, 0.717) is 42.3 Å². The Bertz CT molecular complexity index is 1170. The van der Waals surface area contributed by atoms with Crippen molar-refractivity contribution in [2.45, 2.75) is 62.8 Å². The third-order valence-electron chi connectivity index (χ3n) is 7.24. The van der Waals surface area contributed by atoms with E-state index < -0.39 is 11.7 Å². The van der Waals surface area contributed by atoms with Gasteiger partial charge in [-0.2, -0.15) is 0 Å². The largest absolute Gasteiger partial charge is 0.490 e. The van der Waals surface area contributed by atoms with Crippen molar-refractivity contribution in [1.82, 2.24) is 10.2 Å². The molecule has 0 unspecified atom stereocenters. The Labute approximate surface area is 209 Å². The van der Waals surface area contributed by atoms with E-state index in [1.54, 1.807) is 30.1 Å². The van der Waals surface area contributed by atoms with Gasteiger partial charge in [0.2, 0.25) is 5.91 Å². The maximum Gasteiger partial charge on any atom is 0.257 e. The molecule has 0 radical (unpaired) electrons. The topological polar surface area (TPSA) is 97.0 Å². The van der Waals surface area contributed by atoms with Gasteiger partial charge >= 0.3 is 0 Å². The molecule has 5 rings (SSSR count). The summed E-state index contributed by atoms with van der Waals surface area (Å²) in [7, 11) is 1.74. The molecule has 0 spiro atoms. The van der Waals surface area contributed by atoms with E-state index in [-0.39, 0.29) is 42.2 Å². The molecule has 36 heavy (non-hydrogen) atoms. The Hall–Kier alpha value is -3.46. The molecule has 190 valence electrons. The first-order valence-electron chi connectivity index (χ1n) is 12.4. The van der Waals surface area contributed by atoms with Crippen LogP contribution in [-0.2, 0) is 9.53 Å². The normalized spacial score (nSPS) is 23.8. The SMILES string of the molecule is CN1C(=O)c2cc(NC(=O)c3cccc(F)c3)ccc2OC[C@@H]2O[C@H](CC(=O)NC3CCC3)CC[C@H]21. The summed E-state index contributed by atoms with van der Waals surface area (Å²) in [6, 6.07) is 10.3. The van der Waals surface area contributed by atoms with Gasteiger partial charge in [0.05, 0.1) is 24.1 Å². The van der Waals surface area contributed by atoms with Crippen LogP contribution in [0.25, 0.3) is 0 Å². The highest BCUT2D eigenvalue weighted by Crippen LogP contribution is 2.32. The molecule has 2 aliphatic heterocycles. The highest BCUT2D eigenvalue weighted by atomic mass is 19.1. The number of hydrogen-bond acceptors (Lipinski definition) is 5. The number of amides is 3. The molecule has 3 atom stereocenters. The van der Waals surface area contributed by atoms with Gasteiger partial charge in [0, 0.05) is 24.3 Å². The number of benzene rings is 2. The van der Waals surface area contributed by atoms with E-state index in [0.717, 1.165) is 25.3 Å². The fraction of sp³-hybridized carbons (Fsp3) is 0.444. The van der Waals surface area contributed by atoms with E-state index in [1.165, 1.54) is 18.2 Å². The number of nitrogens with one attached hydrogen (secondary N) is 2. The highest BCUT2D eigenvalue weighted by Gasteiger charge is 2.39. The van der Waals surface area contributed by atoms with Gasteiger partial charge in [-0.15, -0.1) is 0 Å². The molecular weight excluding hydrogens is 465 g/mol. The zero-order chi connectivity index (χ0) is 25.2. The smallest absolute Gasteiger partial charge is 0.257 e. The van der Waals surface area contributed by atoms with Gasteiger partial charge < -0.3 is 25.0 Å². The number of likely N-dealkylation sites (N-methyl/N-ethyl adjacent to an activating group) is 1. The van der Waals surface area contributed by atoms with Crippen LogP contribution in [0.5, 0.6) is 5.75 Å². The third kappa shape index (κ3) is 5.21. The molecule has 2 heterocycles. The van der Waals surface area contributed by atoms with E-state index in [1.807, 2.05) is 0 Å². The molecule has 3 aliphatic rings. The second-order valence-corrected chi connectivity index (χ2v) is 9.74. The summed E-state index contributed by atoms with van der Waals surface area (Å²) in [6.45, 7) is 0.241. The summed E-state index contributed by atoms with van der Waals surface area (Å²) < 4.78 is 25.7. The molecule has 2 fully saturated rings. The summed E-state index contributed by atoms with van der Waals surface area (Å²) in [5, 5.41) is 5.77. The summed E-state index contributed by atoms with van der Waals surface area (Å²) in [4.78, 5) is 39.9. The van der Waals surface area contributed by atoms with Crippen LogP contribution in [0.1, 0.15) is 59.2 Å². The van der Waals surface area contributed by atoms with Crippen LogP contribution in [0.2, 0.25) is 0 Å². The molecule has 0 bridgehead atoms. The maximum absolute atomic E-state index is 13.5. The van der Waals surface area contributed by atoms with Crippen molar-refractivity contribution in [3.8, 4) is 5.75 Å². The lowest BCUT2D eigenvalue weighted by Crippen LogP contribution is -2.54. The van der Waals surface area contributed by atoms with Crippen LogP contribution >= 0.6 is 0 Å². The zero-order valence-corrected chi connectivity index (χ0v) is 20.2. The maximum atomic E-state index is 13.5. The molecule has 2 aromatic carbocycles. The Balaban J connectivity index is 1.26. The number of ether oxygens (including phenoxy) is 2. The quantitative estimate of drug-likeness (QED) is 0.662. The number of carbonyl (C=O) groups is 3. The number of anilines is 1. The van der Waals surface area contributed by atoms with E-state index in [9.17, 15) is 18.8 Å². The minimum atomic E-state index is -0.503. The standard InChI is InChI=1S/C27H30FN3O5/c1-31-22-10-9-20(14-25(32)29-18-6-3-7-18)36-24(22)15-35-23-11-8-19(13-21(23)27(31)34)30-26(33)16-4-2-5-17(28)12-16/h2,4-5,8,11-13,18,20,22,24H,3,6-7,9-10,14-15H2,1H3,(H,29,32)(H,30,33)/t20-,22+,24-/m0/s1. The van der Waals surface area contributed by atoms with Crippen LogP contribution < -0.4 is 15.4 Å². The first-order valence-corrected chi connectivity index (χ1v) is 12.4. The Morgan fingerprint density at radius 1 is 1.11 bits per heavy atom. The Morgan fingerprint density at radius 3 is 2.69 bits per heavy atom. The summed E-state index contributed by atoms with van der Waals surface area (Å²) >= 11 is 0. The minimum absolute atomic E-state index is 0.0116. The number of halogens is 1. The highest BCUT2D eigenvalue weighted by molar-refractivity contribution is 6.05. The second kappa shape index (κ2) is 10.3. The van der Waals surface area contributed by atoms with Gasteiger partial charge in [-0.1, -0.05) is 6.07 Å². The number of fused-ring (bicyclic) bond motifs is 2. The monoisotopic (exact) mass is 495 g/mol. The Kier molecular flexibility index (Phi) is 6.91. The van der Waals surface area contributed by atoms with Crippen molar-refractivity contribution in [2.24, 2.45) is 0 Å². The fourth-order valence-corrected chi connectivity index (χ4v) is 4.98. The minimum Gasteiger partial charge on any atom is -0.490 e. The van der Waals surface area contributed by atoms with Gasteiger partial charge in [-0.25, -0.2) is 4.39 Å². The molecule has 9 heteroatoms. The second-order valence-electron chi connectivity index (χ2n) is 9.74. The van der Waals surface area contributed by atoms with Crippen molar-refractivity contribution < 1.29 is 28.2 Å². The van der Waals surface area contributed by atoms with Gasteiger partial charge in [0.15, 0.2) is 0 Å². The average molecular weight is 496 g/mol. The number of nitrogens with zero attached hydrogens (tertiary/aromatic N) is 1. The van der Waals surface area contributed by atoms with Crippen molar-refractivity contribution >= 4 is 23.4 Å². The van der Waals surface area contributed by atoms with E-state index >= 15 is 0 Å². The first kappa shape index (κ1) is 24.2. The average Bonchev–Trinajstić information content (AvgIpc) is 2.84. The molecular formula is C27H30FN3O5. The first-order chi connectivity index (χ1) is 17.4. The van der Waals surface area contributed by atoms with Gasteiger partial charge in [0.25, 0.3) is 11.8 Å². The van der Waals surface area contributed by atoms with Gasteiger partial charge in [-0.05, 0) is 68.5 Å². The molecule has 2 N–H and O–H groups in total. The molecule has 1 saturated carbocycles. The summed E-state index contributed by atoms with van der Waals surface area (Å²) in [5.41, 5.74) is 0.914.